The number of nitrogens with zero attached hydrogens (tertiary/aromatic N) is 4. The van der Waals surface area contributed by atoms with Crippen LogP contribution in [0.1, 0.15) is 52.0 Å². The van der Waals surface area contributed by atoms with Crippen molar-refractivity contribution in [3.8, 4) is 5.75 Å². The Hall–Kier alpha value is -2.47. The number of sulfonamides is 1. The van der Waals surface area contributed by atoms with Crippen molar-refractivity contribution in [3.63, 3.8) is 0 Å². The minimum absolute atomic E-state index is 0.0295. The van der Waals surface area contributed by atoms with E-state index in [9.17, 15) is 18.0 Å². The van der Waals surface area contributed by atoms with Gasteiger partial charge in [-0.1, -0.05) is 18.2 Å². The number of carbonyl (C=O) groups is 1. The van der Waals surface area contributed by atoms with E-state index in [1.165, 1.54) is 0 Å². The fourth-order valence-electron chi connectivity index (χ4n) is 6.52. The third-order valence-corrected chi connectivity index (χ3v) is 10.5. The van der Waals surface area contributed by atoms with Gasteiger partial charge in [0.25, 0.3) is 5.56 Å². The van der Waals surface area contributed by atoms with E-state index in [1.54, 1.807) is 14.9 Å². The van der Waals surface area contributed by atoms with Crippen LogP contribution in [0.25, 0.3) is 10.9 Å². The highest BCUT2D eigenvalue weighted by Gasteiger charge is 2.41. The van der Waals surface area contributed by atoms with Gasteiger partial charge >= 0.3 is 6.09 Å². The highest BCUT2D eigenvalue weighted by molar-refractivity contribution is 7.89. The van der Waals surface area contributed by atoms with Crippen LogP contribution in [0.2, 0.25) is 0 Å². The van der Waals surface area contributed by atoms with Gasteiger partial charge in [0.05, 0.1) is 11.3 Å². The van der Waals surface area contributed by atoms with E-state index in [0.29, 0.717) is 31.6 Å². The zero-order valence-corrected chi connectivity index (χ0v) is 24.0. The topological polar surface area (TPSA) is 104 Å². The van der Waals surface area contributed by atoms with Gasteiger partial charge in [-0.05, 0) is 71.7 Å². The first-order valence-corrected chi connectivity index (χ1v) is 15.8. The molecular weight excluding hydrogens is 518 g/mol. The van der Waals surface area contributed by atoms with Gasteiger partial charge in [0, 0.05) is 55.7 Å². The van der Waals surface area contributed by atoms with E-state index in [-0.39, 0.29) is 29.1 Å². The van der Waals surface area contributed by atoms with E-state index in [2.05, 4.69) is 15.1 Å². The molecule has 3 fully saturated rings. The first-order valence-electron chi connectivity index (χ1n) is 14.2. The number of para-hydroxylation sites is 1. The summed E-state index contributed by atoms with van der Waals surface area (Å²) < 4.78 is 34.4. The number of rotatable bonds is 8. The fourth-order valence-corrected chi connectivity index (χ4v) is 8.00. The van der Waals surface area contributed by atoms with Crippen LogP contribution in [0.4, 0.5) is 4.79 Å². The number of amides is 1. The molecule has 1 aromatic heterocycles. The third kappa shape index (κ3) is 6.16. The van der Waals surface area contributed by atoms with E-state index in [0.717, 1.165) is 56.2 Å². The molecule has 11 heteroatoms. The second kappa shape index (κ2) is 11.6. The standard InChI is InChI=1S/C28H41N5O5S/c1-20(2)33-25-8-5-4-7-21(25)17-26(27(33)34)38-28(35)29-22-18-23-9-10-24(19-22)32(23)11-6-16-39(36,37)31-14-12-30(3)13-15-31/h4-5,7-8,17,20,22-24H,6,9-16,18-19H2,1-3H3,(H,29,35)/t22-,23-,24+. The minimum Gasteiger partial charge on any atom is -0.404 e. The molecule has 5 rings (SSSR count). The Bertz CT molecular complexity index is 1340. The van der Waals surface area contributed by atoms with Crippen LogP contribution in [0.15, 0.2) is 35.1 Å². The van der Waals surface area contributed by atoms with Gasteiger partial charge in [-0.15, -0.1) is 0 Å². The molecule has 1 N–H and O–H groups in total. The molecule has 1 amide bonds. The molecule has 3 atom stereocenters. The number of nitrogens with one attached hydrogen (secondary N) is 1. The first kappa shape index (κ1) is 28.1. The van der Waals surface area contributed by atoms with Crippen LogP contribution in [-0.2, 0) is 10.0 Å². The molecule has 2 bridgehead atoms. The quantitative estimate of drug-likeness (QED) is 0.530. The molecule has 0 spiro atoms. The fraction of sp³-hybridized carbons (Fsp3) is 0.643. The van der Waals surface area contributed by atoms with Crippen molar-refractivity contribution in [3.05, 3.63) is 40.7 Å². The van der Waals surface area contributed by atoms with E-state index in [4.69, 9.17) is 4.74 Å². The van der Waals surface area contributed by atoms with Gasteiger partial charge < -0.3 is 19.5 Å². The number of ether oxygens (including phenoxy) is 1. The van der Waals surface area contributed by atoms with E-state index in [1.807, 2.05) is 45.2 Å². The second-order valence-electron chi connectivity index (χ2n) is 11.5. The highest BCUT2D eigenvalue weighted by Crippen LogP contribution is 2.36. The lowest BCUT2D eigenvalue weighted by molar-refractivity contribution is 0.114. The Balaban J connectivity index is 1.15. The molecule has 0 radical (unpaired) electrons. The van der Waals surface area contributed by atoms with Crippen LogP contribution >= 0.6 is 0 Å². The van der Waals surface area contributed by atoms with Crippen LogP contribution in [0.3, 0.4) is 0 Å². The SMILES string of the molecule is CC(C)n1c(=O)c(OC(=O)N[C@@H]2C[C@H]3CC[C@@H](C2)N3CCCS(=O)(=O)N2CCN(C)CC2)cc2ccccc21. The molecule has 0 unspecified atom stereocenters. The maximum absolute atomic E-state index is 13.1. The summed E-state index contributed by atoms with van der Waals surface area (Å²) in [7, 11) is -1.21. The van der Waals surface area contributed by atoms with Crippen LogP contribution < -0.4 is 15.6 Å². The number of benzene rings is 1. The molecule has 214 valence electrons. The summed E-state index contributed by atoms with van der Waals surface area (Å²) in [6, 6.07) is 9.75. The summed E-state index contributed by atoms with van der Waals surface area (Å²) in [6.07, 6.45) is 3.70. The van der Waals surface area contributed by atoms with Crippen molar-refractivity contribution in [2.24, 2.45) is 0 Å². The van der Waals surface area contributed by atoms with Crippen LogP contribution in [-0.4, -0.2) is 96.8 Å². The minimum atomic E-state index is -3.23. The molecule has 1 aromatic carbocycles. The van der Waals surface area contributed by atoms with Crippen molar-refractivity contribution in [1.82, 2.24) is 24.0 Å². The molecule has 0 aliphatic carbocycles. The normalized spacial score (nSPS) is 24.9. The number of likely N-dealkylation sites (N-methyl/N-ethyl adjacent to an activating group) is 1. The van der Waals surface area contributed by atoms with Crippen molar-refractivity contribution in [2.45, 2.75) is 70.1 Å². The number of pyridine rings is 1. The summed E-state index contributed by atoms with van der Waals surface area (Å²) in [6.45, 7) is 7.32. The smallest absolute Gasteiger partial charge is 0.404 e. The molecule has 3 saturated heterocycles. The summed E-state index contributed by atoms with van der Waals surface area (Å²) in [5, 5.41) is 3.84. The Kier molecular flexibility index (Phi) is 8.32. The summed E-state index contributed by atoms with van der Waals surface area (Å²) >= 11 is 0. The number of hydrogen-bond acceptors (Lipinski definition) is 7. The Morgan fingerprint density at radius 3 is 2.41 bits per heavy atom. The largest absolute Gasteiger partial charge is 0.413 e. The Morgan fingerprint density at radius 1 is 1.08 bits per heavy atom. The molecule has 2 aromatic rings. The van der Waals surface area contributed by atoms with Gasteiger partial charge in [-0.3, -0.25) is 9.69 Å². The highest BCUT2D eigenvalue weighted by atomic mass is 32.2. The number of fused-ring (bicyclic) bond motifs is 3. The molecule has 3 aliphatic heterocycles. The number of piperidine rings is 1. The van der Waals surface area contributed by atoms with E-state index < -0.39 is 16.1 Å². The Morgan fingerprint density at radius 2 is 1.74 bits per heavy atom. The van der Waals surface area contributed by atoms with Crippen molar-refractivity contribution >= 4 is 27.0 Å². The average Bonchev–Trinajstić information content (AvgIpc) is 3.12. The summed E-state index contributed by atoms with van der Waals surface area (Å²) in [5.74, 6) is 0.210. The molecule has 0 saturated carbocycles. The lowest BCUT2D eigenvalue weighted by Crippen LogP contribution is -2.51. The molecule has 3 aliphatic rings. The predicted molar refractivity (Wildman–Crippen MR) is 152 cm³/mol. The van der Waals surface area contributed by atoms with Gasteiger partial charge in [0.1, 0.15) is 0 Å². The molecular formula is C28H41N5O5S. The number of aromatic nitrogens is 1. The number of carbonyl (C=O) groups excluding carboxylic acids is 1. The second-order valence-corrected chi connectivity index (χ2v) is 13.6. The maximum atomic E-state index is 13.1. The van der Waals surface area contributed by atoms with Gasteiger partial charge in [0.15, 0.2) is 5.75 Å². The van der Waals surface area contributed by atoms with Crippen molar-refractivity contribution in [2.75, 3.05) is 45.5 Å². The van der Waals surface area contributed by atoms with Crippen LogP contribution in [0, 0.1) is 0 Å². The zero-order valence-electron chi connectivity index (χ0n) is 23.2. The van der Waals surface area contributed by atoms with Crippen molar-refractivity contribution in [1.29, 1.82) is 0 Å². The predicted octanol–water partition coefficient (Wildman–Crippen LogP) is 2.63. The van der Waals surface area contributed by atoms with Gasteiger partial charge in [-0.25, -0.2) is 13.2 Å². The Labute approximate surface area is 230 Å². The molecule has 4 heterocycles. The van der Waals surface area contributed by atoms with Gasteiger partial charge in [0.2, 0.25) is 10.0 Å². The average molecular weight is 560 g/mol. The molecule has 10 nitrogen and oxygen atoms in total. The number of hydrogen-bond donors (Lipinski definition) is 1. The summed E-state index contributed by atoms with van der Waals surface area (Å²) in [4.78, 5) is 30.5. The van der Waals surface area contributed by atoms with Crippen LogP contribution in [0.5, 0.6) is 5.75 Å². The summed E-state index contributed by atoms with van der Waals surface area (Å²) in [5.41, 5.74) is 0.491. The maximum Gasteiger partial charge on any atom is 0.413 e. The van der Waals surface area contributed by atoms with Gasteiger partial charge in [-0.2, -0.15) is 4.31 Å². The molecule has 39 heavy (non-hydrogen) atoms. The van der Waals surface area contributed by atoms with Crippen molar-refractivity contribution < 1.29 is 17.9 Å². The third-order valence-electron chi connectivity index (χ3n) is 8.51. The lowest BCUT2D eigenvalue weighted by atomic mass is 9.97. The first-order chi connectivity index (χ1) is 18.6. The van der Waals surface area contributed by atoms with E-state index >= 15 is 0 Å². The lowest BCUT2D eigenvalue weighted by Gasteiger charge is -2.39. The number of piperazine rings is 1. The zero-order chi connectivity index (χ0) is 27.7. The monoisotopic (exact) mass is 559 g/mol.